The van der Waals surface area contributed by atoms with Gasteiger partial charge in [0.05, 0.1) is 12.5 Å². The molecule has 2 aromatic rings. The van der Waals surface area contributed by atoms with E-state index in [9.17, 15) is 8.42 Å². The SMILES string of the molecule is Cc1cccc(OCCNS(=O)(=O)c2cnc[nH]2)c1. The van der Waals surface area contributed by atoms with Crippen molar-refractivity contribution in [3.8, 4) is 5.75 Å². The molecule has 0 radical (unpaired) electrons. The largest absolute Gasteiger partial charge is 0.492 e. The minimum Gasteiger partial charge on any atom is -0.492 e. The molecule has 2 N–H and O–H groups in total. The second-order valence-corrected chi connectivity index (χ2v) is 5.71. The van der Waals surface area contributed by atoms with Crippen LogP contribution >= 0.6 is 0 Å². The summed E-state index contributed by atoms with van der Waals surface area (Å²) < 4.78 is 31.3. The number of hydrogen-bond donors (Lipinski definition) is 2. The molecular weight excluding hydrogens is 266 g/mol. The van der Waals surface area contributed by atoms with Gasteiger partial charge >= 0.3 is 0 Å². The van der Waals surface area contributed by atoms with Crippen LogP contribution in [0, 0.1) is 6.92 Å². The summed E-state index contributed by atoms with van der Waals surface area (Å²) in [5, 5.41) is 0.0445. The first-order valence-corrected chi connectivity index (χ1v) is 7.24. The fourth-order valence-electron chi connectivity index (χ4n) is 1.52. The maximum Gasteiger partial charge on any atom is 0.257 e. The van der Waals surface area contributed by atoms with Gasteiger partial charge in [0.2, 0.25) is 0 Å². The molecule has 102 valence electrons. The number of hydrogen-bond acceptors (Lipinski definition) is 4. The Morgan fingerprint density at radius 3 is 2.95 bits per heavy atom. The zero-order valence-electron chi connectivity index (χ0n) is 10.5. The summed E-state index contributed by atoms with van der Waals surface area (Å²) in [7, 11) is -3.53. The molecule has 0 aliphatic heterocycles. The molecule has 1 aromatic carbocycles. The van der Waals surface area contributed by atoms with Crippen molar-refractivity contribution in [1.82, 2.24) is 14.7 Å². The van der Waals surface area contributed by atoms with Crippen molar-refractivity contribution in [3.63, 3.8) is 0 Å². The van der Waals surface area contributed by atoms with Crippen molar-refractivity contribution in [2.75, 3.05) is 13.2 Å². The van der Waals surface area contributed by atoms with E-state index in [-0.39, 0.29) is 18.2 Å². The molecular formula is C12H15N3O3S. The maximum atomic E-state index is 11.7. The molecule has 0 aliphatic carbocycles. The predicted molar refractivity (Wildman–Crippen MR) is 70.5 cm³/mol. The van der Waals surface area contributed by atoms with Crippen LogP contribution in [0.15, 0.2) is 41.8 Å². The Bertz CT molecular complexity index is 623. The normalized spacial score (nSPS) is 11.4. The van der Waals surface area contributed by atoms with Gasteiger partial charge in [0, 0.05) is 6.54 Å². The number of aryl methyl sites for hydroxylation is 1. The van der Waals surface area contributed by atoms with Gasteiger partial charge in [-0.05, 0) is 24.6 Å². The molecule has 6 nitrogen and oxygen atoms in total. The minimum atomic E-state index is -3.53. The van der Waals surface area contributed by atoms with Crippen LogP contribution in [0.3, 0.4) is 0 Å². The van der Waals surface area contributed by atoms with Gasteiger partial charge < -0.3 is 9.72 Å². The molecule has 19 heavy (non-hydrogen) atoms. The number of ether oxygens (including phenoxy) is 1. The summed E-state index contributed by atoms with van der Waals surface area (Å²) in [6, 6.07) is 7.58. The third-order valence-corrected chi connectivity index (χ3v) is 3.80. The van der Waals surface area contributed by atoms with Crippen molar-refractivity contribution < 1.29 is 13.2 Å². The number of nitrogens with one attached hydrogen (secondary N) is 2. The second kappa shape index (κ2) is 5.85. The highest BCUT2D eigenvalue weighted by Gasteiger charge is 2.14. The summed E-state index contributed by atoms with van der Waals surface area (Å²) in [6.07, 6.45) is 2.57. The van der Waals surface area contributed by atoms with Gasteiger partial charge in [-0.25, -0.2) is 18.1 Å². The molecule has 0 atom stereocenters. The van der Waals surface area contributed by atoms with Gasteiger partial charge in [-0.1, -0.05) is 12.1 Å². The molecule has 2 rings (SSSR count). The van der Waals surface area contributed by atoms with E-state index in [0.29, 0.717) is 0 Å². The number of nitrogens with zero attached hydrogens (tertiary/aromatic N) is 1. The molecule has 1 aromatic heterocycles. The van der Waals surface area contributed by atoms with E-state index >= 15 is 0 Å². The molecule has 0 amide bonds. The zero-order chi connectivity index (χ0) is 13.7. The summed E-state index contributed by atoms with van der Waals surface area (Å²) in [5.41, 5.74) is 1.09. The number of H-pyrrole nitrogens is 1. The third-order valence-electron chi connectivity index (χ3n) is 2.42. The van der Waals surface area contributed by atoms with E-state index in [4.69, 9.17) is 4.74 Å². The number of rotatable bonds is 6. The van der Waals surface area contributed by atoms with Crippen molar-refractivity contribution in [3.05, 3.63) is 42.4 Å². The number of aromatic amines is 1. The first-order valence-electron chi connectivity index (χ1n) is 5.75. The first-order chi connectivity index (χ1) is 9.08. The lowest BCUT2D eigenvalue weighted by molar-refractivity contribution is 0.322. The van der Waals surface area contributed by atoms with Crippen molar-refractivity contribution in [2.45, 2.75) is 11.9 Å². The van der Waals surface area contributed by atoms with Crippen LogP contribution < -0.4 is 9.46 Å². The average molecular weight is 281 g/mol. The molecule has 0 aliphatic rings. The van der Waals surface area contributed by atoms with Gasteiger partial charge in [-0.2, -0.15) is 0 Å². The Kier molecular flexibility index (Phi) is 4.18. The van der Waals surface area contributed by atoms with Crippen LogP contribution in [0.2, 0.25) is 0 Å². The van der Waals surface area contributed by atoms with Crippen LogP contribution in [0.5, 0.6) is 5.75 Å². The van der Waals surface area contributed by atoms with Crippen LogP contribution in [0.4, 0.5) is 0 Å². The Labute approximate surface area is 111 Å². The van der Waals surface area contributed by atoms with E-state index in [1.54, 1.807) is 0 Å². The molecule has 0 unspecified atom stereocenters. The van der Waals surface area contributed by atoms with E-state index in [1.165, 1.54) is 12.5 Å². The maximum absolute atomic E-state index is 11.7. The lowest BCUT2D eigenvalue weighted by atomic mass is 10.2. The average Bonchev–Trinajstić information content (AvgIpc) is 2.89. The quantitative estimate of drug-likeness (QED) is 0.776. The predicted octanol–water partition coefficient (Wildman–Crippen LogP) is 1.08. The van der Waals surface area contributed by atoms with E-state index in [2.05, 4.69) is 14.7 Å². The Balaban J connectivity index is 1.81. The van der Waals surface area contributed by atoms with Crippen molar-refractivity contribution in [1.29, 1.82) is 0 Å². The van der Waals surface area contributed by atoms with Gasteiger partial charge in [0.1, 0.15) is 12.4 Å². The fourth-order valence-corrected chi connectivity index (χ4v) is 2.43. The monoisotopic (exact) mass is 281 g/mol. The summed E-state index contributed by atoms with van der Waals surface area (Å²) in [4.78, 5) is 6.21. The minimum absolute atomic E-state index is 0.0445. The van der Waals surface area contributed by atoms with Crippen LogP contribution in [0.25, 0.3) is 0 Å². The van der Waals surface area contributed by atoms with Gasteiger partial charge in [0.25, 0.3) is 10.0 Å². The summed E-state index contributed by atoms with van der Waals surface area (Å²) in [5.74, 6) is 0.723. The molecule has 0 bridgehead atoms. The smallest absolute Gasteiger partial charge is 0.257 e. The molecule has 1 heterocycles. The molecule has 0 spiro atoms. The lowest BCUT2D eigenvalue weighted by Gasteiger charge is -2.07. The second-order valence-electron chi connectivity index (χ2n) is 3.98. The third kappa shape index (κ3) is 3.80. The number of benzene rings is 1. The van der Waals surface area contributed by atoms with Gasteiger partial charge in [-0.15, -0.1) is 0 Å². The highest BCUT2D eigenvalue weighted by Crippen LogP contribution is 2.11. The molecule has 7 heteroatoms. The van der Waals surface area contributed by atoms with Crippen LogP contribution in [0.1, 0.15) is 5.56 Å². The lowest BCUT2D eigenvalue weighted by Crippen LogP contribution is -2.28. The number of sulfonamides is 1. The summed E-state index contributed by atoms with van der Waals surface area (Å²) in [6.45, 7) is 2.42. The molecule has 0 fully saturated rings. The Morgan fingerprint density at radius 1 is 1.42 bits per heavy atom. The number of aromatic nitrogens is 2. The Hall–Kier alpha value is -1.86. The highest BCUT2D eigenvalue weighted by molar-refractivity contribution is 7.89. The zero-order valence-corrected chi connectivity index (χ0v) is 11.3. The molecule has 0 saturated heterocycles. The van der Waals surface area contributed by atoms with Crippen LogP contribution in [-0.4, -0.2) is 31.5 Å². The first kappa shape index (κ1) is 13.6. The van der Waals surface area contributed by atoms with Crippen molar-refractivity contribution in [2.24, 2.45) is 0 Å². The fraction of sp³-hybridized carbons (Fsp3) is 0.250. The topological polar surface area (TPSA) is 84.1 Å². The highest BCUT2D eigenvalue weighted by atomic mass is 32.2. The van der Waals surface area contributed by atoms with Crippen LogP contribution in [-0.2, 0) is 10.0 Å². The summed E-state index contributed by atoms with van der Waals surface area (Å²) >= 11 is 0. The van der Waals surface area contributed by atoms with E-state index in [1.807, 2.05) is 31.2 Å². The van der Waals surface area contributed by atoms with Gasteiger partial charge in [0.15, 0.2) is 5.03 Å². The van der Waals surface area contributed by atoms with E-state index < -0.39 is 10.0 Å². The van der Waals surface area contributed by atoms with Crippen molar-refractivity contribution >= 4 is 10.0 Å². The standard InChI is InChI=1S/C12H15N3O3S/c1-10-3-2-4-11(7-10)18-6-5-15-19(16,17)12-8-13-9-14-12/h2-4,7-9,15H,5-6H2,1H3,(H,13,14). The molecule has 0 saturated carbocycles. The van der Waals surface area contributed by atoms with E-state index in [0.717, 1.165) is 11.3 Å². The Morgan fingerprint density at radius 2 is 2.26 bits per heavy atom. The number of imidazole rings is 1. The van der Waals surface area contributed by atoms with Gasteiger partial charge in [-0.3, -0.25) is 0 Å².